The van der Waals surface area contributed by atoms with Crippen LogP contribution in [0.2, 0.25) is 0 Å². The summed E-state index contributed by atoms with van der Waals surface area (Å²) in [6.07, 6.45) is 3.94. The highest BCUT2D eigenvalue weighted by Gasteiger charge is 2.36. The van der Waals surface area contributed by atoms with Gasteiger partial charge in [-0.15, -0.1) is 11.3 Å². The van der Waals surface area contributed by atoms with Gasteiger partial charge in [-0.2, -0.15) is 0 Å². The minimum absolute atomic E-state index is 0.00803. The van der Waals surface area contributed by atoms with Crippen molar-refractivity contribution in [1.82, 2.24) is 14.9 Å². The van der Waals surface area contributed by atoms with Crippen LogP contribution >= 0.6 is 18.9 Å². The Labute approximate surface area is 208 Å². The van der Waals surface area contributed by atoms with Gasteiger partial charge in [0.15, 0.2) is 5.85 Å². The molecule has 1 atom stereocenters. The first-order valence-electron chi connectivity index (χ1n) is 11.2. The molecule has 2 heterocycles. The number of hydrogen-bond acceptors (Lipinski definition) is 8. The molecular formula is C24H29FN3O5PS. The summed E-state index contributed by atoms with van der Waals surface area (Å²) in [6, 6.07) is 7.39. The van der Waals surface area contributed by atoms with Gasteiger partial charge in [0.1, 0.15) is 10.8 Å². The molecule has 1 amide bonds. The molecule has 1 N–H and O–H groups in total. The molecule has 8 nitrogen and oxygen atoms in total. The summed E-state index contributed by atoms with van der Waals surface area (Å²) < 4.78 is 37.9. The Morgan fingerprint density at radius 3 is 2.46 bits per heavy atom. The van der Waals surface area contributed by atoms with Crippen molar-refractivity contribution < 1.29 is 27.9 Å². The number of aliphatic hydroxyl groups is 1. The van der Waals surface area contributed by atoms with Gasteiger partial charge in [-0.05, 0) is 50.6 Å². The third-order valence-electron chi connectivity index (χ3n) is 5.29. The average molecular weight is 522 g/mol. The Hall–Kier alpha value is -2.49. The van der Waals surface area contributed by atoms with Gasteiger partial charge in [-0.1, -0.05) is 6.07 Å². The number of carbonyl (C=O) groups excluding carboxylic acids is 1. The lowest BCUT2D eigenvalue weighted by molar-refractivity contribution is 0.0791. The first-order chi connectivity index (χ1) is 16.7. The summed E-state index contributed by atoms with van der Waals surface area (Å²) >= 11 is 1.57. The molecule has 0 radical (unpaired) electrons. The van der Waals surface area contributed by atoms with Crippen molar-refractivity contribution in [2.75, 3.05) is 26.8 Å². The third-order valence-corrected chi connectivity index (χ3v) is 8.49. The van der Waals surface area contributed by atoms with E-state index in [-0.39, 0.29) is 24.3 Å². The molecule has 3 aromatic rings. The largest absolute Gasteiger partial charge is 0.376 e. The van der Waals surface area contributed by atoms with Crippen molar-refractivity contribution in [3.8, 4) is 10.6 Å². The molecule has 3 rings (SSSR count). The molecule has 1 unspecified atom stereocenters. The number of benzene rings is 1. The van der Waals surface area contributed by atoms with Crippen molar-refractivity contribution in [3.05, 3.63) is 70.2 Å². The number of aromatic nitrogens is 2. The minimum Gasteiger partial charge on any atom is -0.376 e. The molecule has 0 bridgehead atoms. The number of aryl methyl sites for hydroxylation is 1. The Balaban J connectivity index is 1.69. The standard InChI is InChI=1S/C24H29FN3O5PS/c1-5-32-34(31,33-6-2)24(30)18-7-8-19(20(25)15-18)23(29)28(4)14-11-21-16(3)35-22(27-21)17-9-12-26-13-10-17/h7-10,12-13,15,24,30H,5-6,11,14H2,1-4H3. The second-order valence-corrected chi connectivity index (χ2v) is 11.0. The van der Waals surface area contributed by atoms with Crippen LogP contribution in [0.3, 0.4) is 0 Å². The quantitative estimate of drug-likeness (QED) is 0.345. The monoisotopic (exact) mass is 521 g/mol. The number of carbonyl (C=O) groups is 1. The van der Waals surface area contributed by atoms with E-state index < -0.39 is 25.2 Å². The zero-order chi connectivity index (χ0) is 25.6. The molecule has 0 spiro atoms. The summed E-state index contributed by atoms with van der Waals surface area (Å²) in [5.41, 5.74) is 1.71. The van der Waals surface area contributed by atoms with E-state index in [9.17, 15) is 18.9 Å². The highest BCUT2D eigenvalue weighted by molar-refractivity contribution is 7.54. The molecule has 2 aromatic heterocycles. The summed E-state index contributed by atoms with van der Waals surface area (Å²) in [5, 5.41) is 11.4. The second-order valence-electron chi connectivity index (χ2n) is 7.72. The van der Waals surface area contributed by atoms with E-state index in [0.29, 0.717) is 13.0 Å². The van der Waals surface area contributed by atoms with Crippen LogP contribution in [0.1, 0.15) is 46.2 Å². The van der Waals surface area contributed by atoms with Crippen LogP contribution in [-0.4, -0.2) is 52.7 Å². The summed E-state index contributed by atoms with van der Waals surface area (Å²) in [7, 11) is -2.30. The van der Waals surface area contributed by atoms with E-state index in [1.54, 1.807) is 44.6 Å². The number of halogens is 1. The Bertz CT molecular complexity index is 1200. The van der Waals surface area contributed by atoms with E-state index in [4.69, 9.17) is 9.05 Å². The predicted molar refractivity (Wildman–Crippen MR) is 133 cm³/mol. The van der Waals surface area contributed by atoms with Crippen LogP contribution in [-0.2, 0) is 20.0 Å². The Morgan fingerprint density at radius 1 is 1.20 bits per heavy atom. The number of amides is 1. The number of thiazole rings is 1. The smallest absolute Gasteiger partial charge is 0.363 e. The van der Waals surface area contributed by atoms with Crippen LogP contribution < -0.4 is 0 Å². The molecule has 0 fully saturated rings. The van der Waals surface area contributed by atoms with Crippen LogP contribution in [0, 0.1) is 12.7 Å². The molecule has 35 heavy (non-hydrogen) atoms. The lowest BCUT2D eigenvalue weighted by Crippen LogP contribution is -2.29. The molecule has 0 aliphatic heterocycles. The average Bonchev–Trinajstić information content (AvgIpc) is 3.22. The maximum absolute atomic E-state index is 14.9. The maximum atomic E-state index is 14.9. The number of aliphatic hydroxyl groups excluding tert-OH is 1. The van der Waals surface area contributed by atoms with Crippen molar-refractivity contribution in [3.63, 3.8) is 0 Å². The topological polar surface area (TPSA) is 102 Å². The van der Waals surface area contributed by atoms with E-state index in [2.05, 4.69) is 9.97 Å². The first kappa shape index (κ1) is 27.1. The minimum atomic E-state index is -3.90. The number of hydrogen-bond donors (Lipinski definition) is 1. The summed E-state index contributed by atoms with van der Waals surface area (Å²) in [4.78, 5) is 24.1. The van der Waals surface area contributed by atoms with Gasteiger partial charge in [0.05, 0.1) is 24.5 Å². The Morgan fingerprint density at radius 2 is 1.86 bits per heavy atom. The fourth-order valence-electron chi connectivity index (χ4n) is 3.45. The van der Waals surface area contributed by atoms with Gasteiger partial charge in [0.25, 0.3) is 5.91 Å². The molecule has 11 heteroatoms. The predicted octanol–water partition coefficient (Wildman–Crippen LogP) is 5.22. The molecule has 0 aliphatic carbocycles. The van der Waals surface area contributed by atoms with E-state index in [1.165, 1.54) is 17.0 Å². The van der Waals surface area contributed by atoms with E-state index in [0.717, 1.165) is 27.2 Å². The van der Waals surface area contributed by atoms with Gasteiger partial charge >= 0.3 is 7.60 Å². The van der Waals surface area contributed by atoms with Gasteiger partial charge < -0.3 is 19.1 Å². The zero-order valence-corrected chi connectivity index (χ0v) is 21.8. The summed E-state index contributed by atoms with van der Waals surface area (Å²) in [6.45, 7) is 5.66. The van der Waals surface area contributed by atoms with Crippen LogP contribution in [0.25, 0.3) is 10.6 Å². The highest BCUT2D eigenvalue weighted by Crippen LogP contribution is 2.59. The normalized spacial score (nSPS) is 12.5. The first-order valence-corrected chi connectivity index (χ1v) is 13.6. The fourth-order valence-corrected chi connectivity index (χ4v) is 6.01. The molecule has 0 saturated carbocycles. The van der Waals surface area contributed by atoms with Gasteiger partial charge in [0, 0.05) is 42.8 Å². The highest BCUT2D eigenvalue weighted by atomic mass is 32.1. The van der Waals surface area contributed by atoms with E-state index in [1.807, 2.05) is 19.1 Å². The molecular weight excluding hydrogens is 492 g/mol. The second kappa shape index (κ2) is 12.0. The fraction of sp³-hybridized carbons (Fsp3) is 0.375. The molecule has 188 valence electrons. The van der Waals surface area contributed by atoms with Gasteiger partial charge in [-0.3, -0.25) is 14.3 Å². The maximum Gasteiger partial charge on any atom is 0.363 e. The van der Waals surface area contributed by atoms with Crippen LogP contribution in [0.4, 0.5) is 4.39 Å². The number of pyridine rings is 1. The van der Waals surface area contributed by atoms with Crippen LogP contribution in [0.15, 0.2) is 42.7 Å². The van der Waals surface area contributed by atoms with Crippen molar-refractivity contribution in [2.24, 2.45) is 0 Å². The van der Waals surface area contributed by atoms with Crippen molar-refractivity contribution in [2.45, 2.75) is 33.0 Å². The molecule has 1 aromatic carbocycles. The zero-order valence-electron chi connectivity index (χ0n) is 20.1. The van der Waals surface area contributed by atoms with Gasteiger partial charge in [-0.25, -0.2) is 9.37 Å². The number of rotatable bonds is 11. The summed E-state index contributed by atoms with van der Waals surface area (Å²) in [5.74, 6) is -3.01. The van der Waals surface area contributed by atoms with Gasteiger partial charge in [0.2, 0.25) is 0 Å². The number of nitrogens with zero attached hydrogens (tertiary/aromatic N) is 3. The molecule has 0 aliphatic rings. The lowest BCUT2D eigenvalue weighted by Gasteiger charge is -2.23. The third kappa shape index (κ3) is 6.39. The Kier molecular flexibility index (Phi) is 9.27. The number of likely N-dealkylation sites (N-methyl/N-ethyl adjacent to an activating group) is 1. The lowest BCUT2D eigenvalue weighted by atomic mass is 10.1. The molecule has 0 saturated heterocycles. The van der Waals surface area contributed by atoms with E-state index >= 15 is 0 Å². The van der Waals surface area contributed by atoms with Crippen molar-refractivity contribution in [1.29, 1.82) is 0 Å². The van der Waals surface area contributed by atoms with Crippen molar-refractivity contribution >= 4 is 24.8 Å². The van der Waals surface area contributed by atoms with Crippen LogP contribution in [0.5, 0.6) is 0 Å². The SMILES string of the molecule is CCOP(=O)(OCC)C(O)c1ccc(C(=O)N(C)CCc2nc(-c3ccncc3)sc2C)c(F)c1.